The van der Waals surface area contributed by atoms with E-state index in [0.717, 1.165) is 40.0 Å². The van der Waals surface area contributed by atoms with Crippen LogP contribution in [0.4, 0.5) is 0 Å². The number of hydrogen-bond donors (Lipinski definition) is 2. The molecule has 1 aromatic rings. The first-order valence-electron chi connectivity index (χ1n) is 5.81. The molecule has 1 aliphatic heterocycles. The average Bonchev–Trinajstić information content (AvgIpc) is 2.75. The second-order valence-electron chi connectivity index (χ2n) is 4.58. The van der Waals surface area contributed by atoms with Gasteiger partial charge in [0.05, 0.1) is 5.69 Å². The fourth-order valence-electron chi connectivity index (χ4n) is 1.97. The molecule has 0 bridgehead atoms. The molecule has 1 amide bonds. The van der Waals surface area contributed by atoms with E-state index < -0.39 is 0 Å². The van der Waals surface area contributed by atoms with Gasteiger partial charge in [0.25, 0.3) is 5.91 Å². The van der Waals surface area contributed by atoms with Crippen molar-refractivity contribution in [3.05, 3.63) is 39.4 Å². The van der Waals surface area contributed by atoms with Crippen molar-refractivity contribution in [3.8, 4) is 0 Å². The third kappa shape index (κ3) is 1.79. The number of rotatable bonds is 2. The van der Waals surface area contributed by atoms with Crippen molar-refractivity contribution in [2.75, 3.05) is 0 Å². The maximum Gasteiger partial charge on any atom is 0.251 e. The van der Waals surface area contributed by atoms with E-state index in [1.54, 1.807) is 6.92 Å². The van der Waals surface area contributed by atoms with Crippen molar-refractivity contribution < 1.29 is 9.59 Å². The van der Waals surface area contributed by atoms with E-state index in [9.17, 15) is 9.59 Å². The van der Waals surface area contributed by atoms with Crippen LogP contribution in [0.5, 0.6) is 0 Å². The number of amides is 1. The Bertz CT molecular complexity index is 604. The van der Waals surface area contributed by atoms with Crippen LogP contribution in [0.15, 0.2) is 16.8 Å². The molecule has 0 radical (unpaired) electrons. The first-order chi connectivity index (χ1) is 8.45. The number of hydrogen-bond acceptors (Lipinski definition) is 2. The van der Waals surface area contributed by atoms with Gasteiger partial charge < -0.3 is 10.3 Å². The van der Waals surface area contributed by atoms with Crippen LogP contribution in [-0.4, -0.2) is 17.2 Å². The molecule has 2 N–H and O–H groups in total. The Morgan fingerprint density at radius 3 is 2.00 bits per heavy atom. The molecule has 18 heavy (non-hydrogen) atoms. The third-order valence-corrected chi connectivity index (χ3v) is 3.60. The molecule has 2 rings (SSSR count). The summed E-state index contributed by atoms with van der Waals surface area (Å²) >= 11 is 0. The summed E-state index contributed by atoms with van der Waals surface area (Å²) in [6.45, 7) is 7.56. The van der Waals surface area contributed by atoms with Gasteiger partial charge in [0.15, 0.2) is 6.29 Å². The summed E-state index contributed by atoms with van der Waals surface area (Å²) < 4.78 is 0. The molecule has 0 saturated carbocycles. The minimum atomic E-state index is -0.0599. The summed E-state index contributed by atoms with van der Waals surface area (Å²) in [5.41, 5.74) is 5.88. The number of carbonyl (C=O) groups is 2. The van der Waals surface area contributed by atoms with Crippen molar-refractivity contribution >= 4 is 18.3 Å². The smallest absolute Gasteiger partial charge is 0.251 e. The number of aldehydes is 1. The monoisotopic (exact) mass is 244 g/mol. The molecule has 0 aromatic carbocycles. The molecule has 0 spiro atoms. The molecule has 0 saturated heterocycles. The molecule has 0 unspecified atom stereocenters. The molecule has 4 nitrogen and oxygen atoms in total. The number of H-pyrrole nitrogens is 1. The van der Waals surface area contributed by atoms with Crippen molar-refractivity contribution in [1.29, 1.82) is 0 Å². The lowest BCUT2D eigenvalue weighted by Gasteiger charge is -2.00. The molecule has 0 aliphatic carbocycles. The predicted molar refractivity (Wildman–Crippen MR) is 70.1 cm³/mol. The minimum absolute atomic E-state index is 0.0599. The zero-order valence-corrected chi connectivity index (χ0v) is 11.0. The van der Waals surface area contributed by atoms with Gasteiger partial charge in [0, 0.05) is 17.0 Å². The maximum atomic E-state index is 11.5. The average molecular weight is 244 g/mol. The molecule has 4 heteroatoms. The van der Waals surface area contributed by atoms with Gasteiger partial charge >= 0.3 is 0 Å². The summed E-state index contributed by atoms with van der Waals surface area (Å²) in [5.74, 6) is -0.0599. The summed E-state index contributed by atoms with van der Waals surface area (Å²) in [7, 11) is 0. The molecule has 1 aromatic heterocycles. The Hall–Kier alpha value is -2.10. The standard InChI is InChI=1S/C14H16N2O2/c1-7-8(2)13(6-17)15-11(7)5-12-9(3)10(4)14(18)16-12/h5-6,15H,1-4H3,(H,16,18)/b12-5-. The summed E-state index contributed by atoms with van der Waals surface area (Å²) in [4.78, 5) is 25.4. The number of aromatic nitrogens is 1. The summed E-state index contributed by atoms with van der Waals surface area (Å²) in [6.07, 6.45) is 2.69. The highest BCUT2D eigenvalue weighted by Gasteiger charge is 2.20. The lowest BCUT2D eigenvalue weighted by atomic mass is 10.1. The number of allylic oxidation sites excluding steroid dienone is 1. The summed E-state index contributed by atoms with van der Waals surface area (Å²) in [5, 5.41) is 2.82. The number of carbonyl (C=O) groups excluding carboxylic acids is 2. The lowest BCUT2D eigenvalue weighted by molar-refractivity contribution is -0.116. The number of aromatic amines is 1. The number of nitrogens with one attached hydrogen (secondary N) is 2. The first-order valence-corrected chi connectivity index (χ1v) is 5.81. The van der Waals surface area contributed by atoms with E-state index in [1.807, 2.05) is 26.8 Å². The van der Waals surface area contributed by atoms with Crippen molar-refractivity contribution in [2.45, 2.75) is 27.7 Å². The molecule has 0 fully saturated rings. The van der Waals surface area contributed by atoms with Crippen molar-refractivity contribution in [1.82, 2.24) is 10.3 Å². The largest absolute Gasteiger partial charge is 0.352 e. The van der Waals surface area contributed by atoms with E-state index in [2.05, 4.69) is 10.3 Å². The van der Waals surface area contributed by atoms with Gasteiger partial charge in [-0.25, -0.2) is 0 Å². The van der Waals surface area contributed by atoms with Crippen LogP contribution in [0.2, 0.25) is 0 Å². The maximum absolute atomic E-state index is 11.5. The van der Waals surface area contributed by atoms with Gasteiger partial charge in [-0.05, 0) is 50.5 Å². The zero-order chi connectivity index (χ0) is 13.4. The van der Waals surface area contributed by atoms with Crippen molar-refractivity contribution in [2.24, 2.45) is 0 Å². The van der Waals surface area contributed by atoms with Crippen LogP contribution < -0.4 is 5.32 Å². The van der Waals surface area contributed by atoms with Crippen molar-refractivity contribution in [3.63, 3.8) is 0 Å². The van der Waals surface area contributed by atoms with E-state index in [1.165, 1.54) is 0 Å². The van der Waals surface area contributed by atoms with Gasteiger partial charge in [-0.15, -0.1) is 0 Å². The molecule has 1 aliphatic rings. The Balaban J connectivity index is 2.47. The second kappa shape index (κ2) is 4.29. The Kier molecular flexibility index (Phi) is 2.95. The molecular formula is C14H16N2O2. The van der Waals surface area contributed by atoms with E-state index >= 15 is 0 Å². The Labute approximate surface area is 106 Å². The highest BCUT2D eigenvalue weighted by Crippen LogP contribution is 2.24. The summed E-state index contributed by atoms with van der Waals surface area (Å²) in [6, 6.07) is 0. The molecule has 94 valence electrons. The zero-order valence-electron chi connectivity index (χ0n) is 11.0. The van der Waals surface area contributed by atoms with Crippen LogP contribution in [0.25, 0.3) is 6.08 Å². The fraction of sp³-hybridized carbons (Fsp3) is 0.286. The van der Waals surface area contributed by atoms with Gasteiger partial charge in [-0.1, -0.05) is 0 Å². The first kappa shape index (κ1) is 12.4. The fourth-order valence-corrected chi connectivity index (χ4v) is 1.97. The normalized spacial score (nSPS) is 17.6. The van der Waals surface area contributed by atoms with Gasteiger partial charge in [0.2, 0.25) is 0 Å². The Morgan fingerprint density at radius 2 is 1.56 bits per heavy atom. The van der Waals surface area contributed by atoms with Crippen LogP contribution in [0, 0.1) is 13.8 Å². The molecule has 0 atom stereocenters. The predicted octanol–water partition coefficient (Wildman–Crippen LogP) is 2.25. The third-order valence-electron chi connectivity index (χ3n) is 3.60. The highest BCUT2D eigenvalue weighted by molar-refractivity contribution is 6.00. The van der Waals surface area contributed by atoms with E-state index in [0.29, 0.717) is 5.69 Å². The minimum Gasteiger partial charge on any atom is -0.352 e. The molecular weight excluding hydrogens is 228 g/mol. The highest BCUT2D eigenvalue weighted by atomic mass is 16.2. The van der Waals surface area contributed by atoms with Gasteiger partial charge in [-0.3, -0.25) is 9.59 Å². The lowest BCUT2D eigenvalue weighted by Crippen LogP contribution is -2.15. The van der Waals surface area contributed by atoms with Gasteiger partial charge in [0.1, 0.15) is 0 Å². The van der Waals surface area contributed by atoms with Crippen LogP contribution in [0.1, 0.15) is 41.2 Å². The SMILES string of the molecule is CC1=C(C)/C(=C/c2[nH]c(C=O)c(C)c2C)NC1=O. The molecule has 2 heterocycles. The van der Waals surface area contributed by atoms with E-state index in [4.69, 9.17) is 0 Å². The van der Waals surface area contributed by atoms with Gasteiger partial charge in [-0.2, -0.15) is 0 Å². The second-order valence-corrected chi connectivity index (χ2v) is 4.58. The quantitative estimate of drug-likeness (QED) is 0.784. The van der Waals surface area contributed by atoms with E-state index in [-0.39, 0.29) is 5.91 Å². The van der Waals surface area contributed by atoms with Crippen LogP contribution >= 0.6 is 0 Å². The Morgan fingerprint density at radius 1 is 0.944 bits per heavy atom. The van der Waals surface area contributed by atoms with Crippen LogP contribution in [0.3, 0.4) is 0 Å². The van der Waals surface area contributed by atoms with Crippen LogP contribution in [-0.2, 0) is 4.79 Å². The topological polar surface area (TPSA) is 62.0 Å².